The molecule has 4 nitrogen and oxygen atoms in total. The van der Waals surface area contributed by atoms with E-state index in [-0.39, 0.29) is 11.4 Å². The molecule has 0 saturated carbocycles. The molecule has 1 aromatic heterocycles. The fourth-order valence-corrected chi connectivity index (χ4v) is 5.53. The number of aromatic nitrogens is 1. The number of benzene rings is 3. The van der Waals surface area contributed by atoms with Gasteiger partial charge < -0.3 is 9.80 Å². The van der Waals surface area contributed by atoms with Gasteiger partial charge in [-0.05, 0) is 41.6 Å². The molecule has 0 bridgehead atoms. The lowest BCUT2D eigenvalue weighted by molar-refractivity contribution is 0.112. The van der Waals surface area contributed by atoms with Gasteiger partial charge in [-0.25, -0.2) is 9.37 Å². The van der Waals surface area contributed by atoms with Crippen LogP contribution in [0.4, 0.5) is 15.9 Å². The van der Waals surface area contributed by atoms with Crippen molar-refractivity contribution < 1.29 is 9.18 Å². The van der Waals surface area contributed by atoms with Crippen molar-refractivity contribution in [1.29, 1.82) is 0 Å². The molecule has 0 aliphatic carbocycles. The van der Waals surface area contributed by atoms with Crippen molar-refractivity contribution in [3.8, 4) is 0 Å². The summed E-state index contributed by atoms with van der Waals surface area (Å²) in [6.45, 7) is 4.54. The molecular weight excluding hydrogens is 421 g/mol. The second kappa shape index (κ2) is 8.36. The van der Waals surface area contributed by atoms with Gasteiger partial charge in [0, 0.05) is 36.1 Å². The Morgan fingerprint density at radius 3 is 2.69 bits per heavy atom. The monoisotopic (exact) mass is 445 g/mol. The van der Waals surface area contributed by atoms with Gasteiger partial charge in [0.1, 0.15) is 11.6 Å². The zero-order chi connectivity index (χ0) is 22.1. The second-order valence-corrected chi connectivity index (χ2v) is 9.02. The van der Waals surface area contributed by atoms with Gasteiger partial charge in [0.2, 0.25) is 0 Å². The van der Waals surface area contributed by atoms with E-state index >= 15 is 0 Å². The number of piperazine rings is 1. The van der Waals surface area contributed by atoms with E-state index in [0.29, 0.717) is 5.01 Å². The van der Waals surface area contributed by atoms with Gasteiger partial charge in [-0.2, -0.15) is 0 Å². The quantitative estimate of drug-likeness (QED) is 0.360. The summed E-state index contributed by atoms with van der Waals surface area (Å²) in [5, 5.41) is 4.43. The molecule has 1 aliphatic heterocycles. The minimum atomic E-state index is -0.310. The van der Waals surface area contributed by atoms with Crippen LogP contribution in [0, 0.1) is 5.82 Å². The van der Waals surface area contributed by atoms with Gasteiger partial charge in [-0.1, -0.05) is 49.4 Å². The largest absolute Gasteiger partial charge is 0.367 e. The number of hydrogen-bond acceptors (Lipinski definition) is 5. The van der Waals surface area contributed by atoms with Crippen LogP contribution in [-0.4, -0.2) is 30.9 Å². The third-order valence-corrected chi connectivity index (χ3v) is 7.26. The van der Waals surface area contributed by atoms with E-state index < -0.39 is 0 Å². The van der Waals surface area contributed by atoms with Crippen LogP contribution < -0.4 is 9.80 Å². The minimum absolute atomic E-state index is 0.221. The summed E-state index contributed by atoms with van der Waals surface area (Å²) in [5.74, 6) is 0.628. The number of nitrogens with zero attached hydrogens (tertiary/aromatic N) is 3. The first kappa shape index (κ1) is 20.6. The molecule has 162 valence electrons. The van der Waals surface area contributed by atoms with Gasteiger partial charge in [0.25, 0.3) is 0 Å². The maximum Gasteiger partial charge on any atom is 0.178 e. The van der Waals surface area contributed by atoms with Crippen LogP contribution in [0.25, 0.3) is 10.8 Å². The van der Waals surface area contributed by atoms with Crippen molar-refractivity contribution in [3.63, 3.8) is 0 Å². The molecule has 1 aliphatic rings. The predicted molar refractivity (Wildman–Crippen MR) is 129 cm³/mol. The molecule has 5 rings (SSSR count). The van der Waals surface area contributed by atoms with Crippen molar-refractivity contribution in [3.05, 3.63) is 88.5 Å². The SMILES string of the molecule is CCC1(c2ccccc2)CN(c2cccc3cc(F)ccc23)CCN1c1csc(C=O)n1. The molecule has 4 aromatic rings. The second-order valence-electron chi connectivity index (χ2n) is 8.13. The summed E-state index contributed by atoms with van der Waals surface area (Å²) in [6.07, 6.45) is 1.69. The maximum absolute atomic E-state index is 13.8. The summed E-state index contributed by atoms with van der Waals surface area (Å²) >= 11 is 1.38. The Morgan fingerprint density at radius 1 is 1.09 bits per heavy atom. The summed E-state index contributed by atoms with van der Waals surface area (Å²) in [4.78, 5) is 20.6. The summed E-state index contributed by atoms with van der Waals surface area (Å²) in [7, 11) is 0. The molecule has 0 radical (unpaired) electrons. The number of anilines is 2. The molecule has 0 amide bonds. The van der Waals surface area contributed by atoms with E-state index in [4.69, 9.17) is 0 Å². The highest BCUT2D eigenvalue weighted by Crippen LogP contribution is 2.41. The standard InChI is InChI=1S/C26H24FN3OS/c1-2-26(20-8-4-3-5-9-20)18-29(13-14-30(26)24-17-32-25(16-31)28-24)23-10-6-7-19-15-21(27)11-12-22(19)23/h3-12,15-17H,2,13-14,18H2,1H3. The molecule has 6 heteroatoms. The number of rotatable bonds is 5. The van der Waals surface area contributed by atoms with E-state index in [0.717, 1.165) is 54.6 Å². The number of hydrogen-bond donors (Lipinski definition) is 0. The van der Waals surface area contributed by atoms with Crippen molar-refractivity contribution in [1.82, 2.24) is 4.98 Å². The highest BCUT2D eigenvalue weighted by molar-refractivity contribution is 7.11. The molecule has 1 fully saturated rings. The smallest absolute Gasteiger partial charge is 0.178 e. The number of halogens is 1. The van der Waals surface area contributed by atoms with Gasteiger partial charge >= 0.3 is 0 Å². The summed E-state index contributed by atoms with van der Waals surface area (Å²) < 4.78 is 13.8. The van der Waals surface area contributed by atoms with E-state index in [1.165, 1.54) is 23.0 Å². The number of aldehydes is 1. The van der Waals surface area contributed by atoms with Crippen LogP contribution >= 0.6 is 11.3 Å². The van der Waals surface area contributed by atoms with Crippen molar-refractivity contribution in [2.75, 3.05) is 29.4 Å². The van der Waals surface area contributed by atoms with E-state index in [2.05, 4.69) is 52.0 Å². The highest BCUT2D eigenvalue weighted by Gasteiger charge is 2.43. The van der Waals surface area contributed by atoms with Gasteiger partial charge in [0.15, 0.2) is 11.3 Å². The topological polar surface area (TPSA) is 36.4 Å². The summed E-state index contributed by atoms with van der Waals surface area (Å²) in [5.41, 5.74) is 2.03. The van der Waals surface area contributed by atoms with Crippen molar-refractivity contribution >= 4 is 39.9 Å². The van der Waals surface area contributed by atoms with E-state index in [1.807, 2.05) is 29.6 Å². The van der Waals surface area contributed by atoms with Crippen LogP contribution in [0.15, 0.2) is 72.1 Å². The first-order valence-corrected chi connectivity index (χ1v) is 11.7. The Bertz CT molecular complexity index is 1260. The lowest BCUT2D eigenvalue weighted by Gasteiger charge is -2.52. The molecule has 1 unspecified atom stereocenters. The average molecular weight is 446 g/mol. The molecule has 2 heterocycles. The van der Waals surface area contributed by atoms with Crippen LogP contribution in [0.1, 0.15) is 28.7 Å². The molecule has 0 spiro atoms. The lowest BCUT2D eigenvalue weighted by atomic mass is 9.82. The fraction of sp³-hybridized carbons (Fsp3) is 0.231. The lowest BCUT2D eigenvalue weighted by Crippen LogP contribution is -2.60. The number of carbonyl (C=O) groups is 1. The first-order chi connectivity index (χ1) is 15.6. The van der Waals surface area contributed by atoms with E-state index in [9.17, 15) is 9.18 Å². The third kappa shape index (κ3) is 3.45. The number of thiazole rings is 1. The van der Waals surface area contributed by atoms with Crippen LogP contribution in [-0.2, 0) is 5.54 Å². The summed E-state index contributed by atoms with van der Waals surface area (Å²) in [6, 6.07) is 21.6. The molecule has 0 N–H and O–H groups in total. The average Bonchev–Trinajstić information content (AvgIpc) is 3.32. The maximum atomic E-state index is 13.8. The first-order valence-electron chi connectivity index (χ1n) is 10.8. The van der Waals surface area contributed by atoms with Crippen molar-refractivity contribution in [2.45, 2.75) is 18.9 Å². The molecule has 32 heavy (non-hydrogen) atoms. The van der Waals surface area contributed by atoms with E-state index in [1.54, 1.807) is 6.07 Å². The normalized spacial score (nSPS) is 18.8. The van der Waals surface area contributed by atoms with Gasteiger partial charge in [-0.3, -0.25) is 4.79 Å². The zero-order valence-corrected chi connectivity index (χ0v) is 18.7. The Balaban J connectivity index is 1.61. The Kier molecular flexibility index (Phi) is 5.39. The van der Waals surface area contributed by atoms with Crippen molar-refractivity contribution in [2.24, 2.45) is 0 Å². The Labute approximate surface area is 190 Å². The predicted octanol–water partition coefficient (Wildman–Crippen LogP) is 5.88. The van der Waals surface area contributed by atoms with Gasteiger partial charge in [-0.15, -0.1) is 11.3 Å². The molecule has 1 atom stereocenters. The number of fused-ring (bicyclic) bond motifs is 1. The van der Waals surface area contributed by atoms with Crippen LogP contribution in [0.3, 0.4) is 0 Å². The fourth-order valence-electron chi connectivity index (χ4n) is 4.93. The molecule has 3 aromatic carbocycles. The molecular formula is C26H24FN3OS. The zero-order valence-electron chi connectivity index (χ0n) is 17.9. The van der Waals surface area contributed by atoms with Gasteiger partial charge in [0.05, 0.1) is 5.54 Å². The third-order valence-electron chi connectivity index (χ3n) is 6.51. The minimum Gasteiger partial charge on any atom is -0.367 e. The number of carbonyl (C=O) groups excluding carboxylic acids is 1. The van der Waals surface area contributed by atoms with Crippen LogP contribution in [0.2, 0.25) is 0 Å². The van der Waals surface area contributed by atoms with Crippen LogP contribution in [0.5, 0.6) is 0 Å². The Hall–Kier alpha value is -3.25. The molecule has 1 saturated heterocycles. The Morgan fingerprint density at radius 2 is 1.94 bits per heavy atom. The highest BCUT2D eigenvalue weighted by atomic mass is 32.1.